The lowest BCUT2D eigenvalue weighted by molar-refractivity contribution is 0.102. The smallest absolute Gasteiger partial charge is 0.255 e. The zero-order chi connectivity index (χ0) is 19.3. The SMILES string of the molecule is COC[C@@H](C)NS(=O)(=O)c1ccc(C(=O)Nc2ccc(C)cc2Br)cc1. The highest BCUT2D eigenvalue weighted by Crippen LogP contribution is 2.24. The first-order chi connectivity index (χ1) is 12.2. The van der Waals surface area contributed by atoms with Gasteiger partial charge >= 0.3 is 0 Å². The van der Waals surface area contributed by atoms with E-state index in [0.717, 1.165) is 10.0 Å². The van der Waals surface area contributed by atoms with Crippen molar-refractivity contribution in [2.24, 2.45) is 0 Å². The number of anilines is 1. The topological polar surface area (TPSA) is 84.5 Å². The van der Waals surface area contributed by atoms with Crippen LogP contribution in [0.5, 0.6) is 0 Å². The summed E-state index contributed by atoms with van der Waals surface area (Å²) in [4.78, 5) is 12.5. The van der Waals surface area contributed by atoms with Gasteiger partial charge in [0, 0.05) is 23.2 Å². The van der Waals surface area contributed by atoms with E-state index in [9.17, 15) is 13.2 Å². The molecule has 1 atom stereocenters. The molecule has 0 fully saturated rings. The van der Waals surface area contributed by atoms with E-state index >= 15 is 0 Å². The Labute approximate surface area is 162 Å². The van der Waals surface area contributed by atoms with Gasteiger partial charge in [0.15, 0.2) is 0 Å². The monoisotopic (exact) mass is 440 g/mol. The second-order valence-electron chi connectivity index (χ2n) is 5.94. The first-order valence-corrected chi connectivity index (χ1v) is 10.2. The Morgan fingerprint density at radius 2 is 1.85 bits per heavy atom. The van der Waals surface area contributed by atoms with Crippen LogP contribution in [0.2, 0.25) is 0 Å². The minimum Gasteiger partial charge on any atom is -0.383 e. The molecular weight excluding hydrogens is 420 g/mol. The molecular formula is C18H21BrN2O4S. The first-order valence-electron chi connectivity index (χ1n) is 7.92. The van der Waals surface area contributed by atoms with Gasteiger partial charge in [0.05, 0.1) is 17.2 Å². The summed E-state index contributed by atoms with van der Waals surface area (Å²) in [6.45, 7) is 3.94. The van der Waals surface area contributed by atoms with Gasteiger partial charge in [0.2, 0.25) is 10.0 Å². The normalized spacial score (nSPS) is 12.6. The zero-order valence-electron chi connectivity index (χ0n) is 14.7. The van der Waals surface area contributed by atoms with Gasteiger partial charge < -0.3 is 10.1 Å². The first kappa shape index (κ1) is 20.6. The van der Waals surface area contributed by atoms with Crippen LogP contribution in [0, 0.1) is 6.92 Å². The number of sulfonamides is 1. The quantitative estimate of drug-likeness (QED) is 0.691. The molecule has 0 heterocycles. The molecule has 2 rings (SSSR count). The van der Waals surface area contributed by atoms with Gasteiger partial charge in [-0.1, -0.05) is 6.07 Å². The van der Waals surface area contributed by atoms with Crippen molar-refractivity contribution in [2.75, 3.05) is 19.0 Å². The number of carbonyl (C=O) groups excluding carboxylic acids is 1. The van der Waals surface area contributed by atoms with Crippen molar-refractivity contribution in [1.29, 1.82) is 0 Å². The van der Waals surface area contributed by atoms with E-state index < -0.39 is 10.0 Å². The molecule has 8 heteroatoms. The zero-order valence-corrected chi connectivity index (χ0v) is 17.1. The van der Waals surface area contributed by atoms with Crippen LogP contribution < -0.4 is 10.0 Å². The van der Waals surface area contributed by atoms with Crippen LogP contribution in [0.1, 0.15) is 22.8 Å². The summed E-state index contributed by atoms with van der Waals surface area (Å²) < 4.78 is 32.8. The van der Waals surface area contributed by atoms with Gasteiger partial charge in [-0.05, 0) is 71.7 Å². The number of hydrogen-bond acceptors (Lipinski definition) is 4. The summed E-state index contributed by atoms with van der Waals surface area (Å²) in [5.74, 6) is -0.320. The molecule has 2 aromatic carbocycles. The predicted octanol–water partition coefficient (Wildman–Crippen LogP) is 3.32. The molecule has 2 N–H and O–H groups in total. The molecule has 0 aromatic heterocycles. The van der Waals surface area contributed by atoms with E-state index in [1.165, 1.54) is 31.4 Å². The lowest BCUT2D eigenvalue weighted by atomic mass is 10.2. The Hall–Kier alpha value is -1.74. The van der Waals surface area contributed by atoms with Gasteiger partial charge in [-0.3, -0.25) is 4.79 Å². The number of halogens is 1. The van der Waals surface area contributed by atoms with Gasteiger partial charge in [-0.2, -0.15) is 0 Å². The van der Waals surface area contributed by atoms with Crippen molar-refractivity contribution in [3.63, 3.8) is 0 Å². The fraction of sp³-hybridized carbons (Fsp3) is 0.278. The number of carbonyl (C=O) groups is 1. The van der Waals surface area contributed by atoms with Crippen LogP contribution in [-0.2, 0) is 14.8 Å². The van der Waals surface area contributed by atoms with Crippen LogP contribution in [0.15, 0.2) is 51.8 Å². The highest BCUT2D eigenvalue weighted by atomic mass is 79.9. The molecule has 0 bridgehead atoms. The molecule has 140 valence electrons. The Morgan fingerprint density at radius 1 is 1.19 bits per heavy atom. The maximum atomic E-state index is 12.4. The predicted molar refractivity (Wildman–Crippen MR) is 105 cm³/mol. The number of hydrogen-bond donors (Lipinski definition) is 2. The number of amides is 1. The molecule has 0 aliphatic heterocycles. The molecule has 0 aliphatic carbocycles. The van der Waals surface area contributed by atoms with Gasteiger partial charge in [-0.15, -0.1) is 0 Å². The van der Waals surface area contributed by atoms with Crippen molar-refractivity contribution in [3.05, 3.63) is 58.1 Å². The maximum absolute atomic E-state index is 12.4. The number of methoxy groups -OCH3 is 1. The molecule has 0 radical (unpaired) electrons. The number of nitrogens with one attached hydrogen (secondary N) is 2. The van der Waals surface area contributed by atoms with Crippen molar-refractivity contribution < 1.29 is 17.9 Å². The van der Waals surface area contributed by atoms with E-state index in [4.69, 9.17) is 4.74 Å². The van der Waals surface area contributed by atoms with Crippen LogP contribution in [0.3, 0.4) is 0 Å². The Morgan fingerprint density at radius 3 is 2.42 bits per heavy atom. The van der Waals surface area contributed by atoms with E-state index in [0.29, 0.717) is 11.3 Å². The second kappa shape index (κ2) is 8.77. The van der Waals surface area contributed by atoms with Crippen molar-refractivity contribution in [1.82, 2.24) is 4.72 Å². The van der Waals surface area contributed by atoms with Crippen molar-refractivity contribution in [2.45, 2.75) is 24.8 Å². The minimum absolute atomic E-state index is 0.0912. The highest BCUT2D eigenvalue weighted by molar-refractivity contribution is 9.10. The average Bonchev–Trinajstić information content (AvgIpc) is 2.57. The Balaban J connectivity index is 2.12. The van der Waals surface area contributed by atoms with Crippen molar-refractivity contribution >= 4 is 37.5 Å². The lowest BCUT2D eigenvalue weighted by Gasteiger charge is -2.13. The number of aryl methyl sites for hydroxylation is 1. The second-order valence-corrected chi connectivity index (χ2v) is 8.51. The van der Waals surface area contributed by atoms with Crippen LogP contribution >= 0.6 is 15.9 Å². The summed E-state index contributed by atoms with van der Waals surface area (Å²) in [6.07, 6.45) is 0. The van der Waals surface area contributed by atoms with E-state index in [2.05, 4.69) is 26.0 Å². The molecule has 0 aliphatic rings. The van der Waals surface area contributed by atoms with Crippen LogP contribution in [-0.4, -0.2) is 34.1 Å². The maximum Gasteiger partial charge on any atom is 0.255 e. The fourth-order valence-corrected chi connectivity index (χ4v) is 4.14. The van der Waals surface area contributed by atoms with Gasteiger partial charge in [-0.25, -0.2) is 13.1 Å². The van der Waals surface area contributed by atoms with Crippen molar-refractivity contribution in [3.8, 4) is 0 Å². The van der Waals surface area contributed by atoms with Crippen LogP contribution in [0.25, 0.3) is 0 Å². The molecule has 0 unspecified atom stereocenters. The van der Waals surface area contributed by atoms with E-state index in [1.807, 2.05) is 19.1 Å². The Bertz CT molecular complexity index is 883. The average molecular weight is 441 g/mol. The summed E-state index contributed by atoms with van der Waals surface area (Å²) in [5.41, 5.74) is 2.08. The standard InChI is InChI=1S/C18H21BrN2O4S/c1-12-4-9-17(16(19)10-12)20-18(22)14-5-7-15(8-6-14)26(23,24)21-13(2)11-25-3/h4-10,13,21H,11H2,1-3H3,(H,20,22)/t13-/m1/s1. The van der Waals surface area contributed by atoms with E-state index in [-0.39, 0.29) is 23.5 Å². The summed E-state index contributed by atoms with van der Waals surface area (Å²) in [6, 6.07) is 11.0. The molecule has 26 heavy (non-hydrogen) atoms. The number of ether oxygens (including phenoxy) is 1. The summed E-state index contributed by atoms with van der Waals surface area (Å²) >= 11 is 3.41. The molecule has 6 nitrogen and oxygen atoms in total. The fourth-order valence-electron chi connectivity index (χ4n) is 2.32. The third-order valence-electron chi connectivity index (χ3n) is 3.57. The highest BCUT2D eigenvalue weighted by Gasteiger charge is 2.18. The number of rotatable bonds is 7. The minimum atomic E-state index is -3.66. The molecule has 2 aromatic rings. The number of benzene rings is 2. The van der Waals surface area contributed by atoms with Gasteiger partial charge in [0.1, 0.15) is 0 Å². The molecule has 0 saturated carbocycles. The van der Waals surface area contributed by atoms with Crippen LogP contribution in [0.4, 0.5) is 5.69 Å². The van der Waals surface area contributed by atoms with Gasteiger partial charge in [0.25, 0.3) is 5.91 Å². The molecule has 1 amide bonds. The summed E-state index contributed by atoms with van der Waals surface area (Å²) in [7, 11) is -2.16. The Kier molecular flexibility index (Phi) is 6.94. The summed E-state index contributed by atoms with van der Waals surface area (Å²) in [5, 5.41) is 2.79. The third-order valence-corrected chi connectivity index (χ3v) is 5.83. The third kappa shape index (κ3) is 5.38. The largest absolute Gasteiger partial charge is 0.383 e. The van der Waals surface area contributed by atoms with E-state index in [1.54, 1.807) is 13.0 Å². The lowest BCUT2D eigenvalue weighted by Crippen LogP contribution is -2.35. The molecule has 0 saturated heterocycles. The molecule has 0 spiro atoms.